The summed E-state index contributed by atoms with van der Waals surface area (Å²) < 4.78 is 0. The Morgan fingerprint density at radius 2 is 1.93 bits per heavy atom. The molecule has 0 spiro atoms. The third-order valence-electron chi connectivity index (χ3n) is 2.45. The Kier molecular flexibility index (Phi) is 7.24. The van der Waals surface area contributed by atoms with Gasteiger partial charge in [0.1, 0.15) is 0 Å². The fourth-order valence-corrected chi connectivity index (χ4v) is 2.43. The average molecular weight is 248 g/mol. The van der Waals surface area contributed by atoms with E-state index in [9.17, 15) is 0 Å². The highest BCUT2D eigenvalue weighted by atomic mass is 35.5. The molecule has 2 N–H and O–H groups in total. The molecule has 0 aromatic carbocycles. The summed E-state index contributed by atoms with van der Waals surface area (Å²) in [6, 6.07) is 4.65. The normalized spacial score (nSPS) is 12.6. The molecule has 0 saturated heterocycles. The molecule has 15 heavy (non-hydrogen) atoms. The van der Waals surface area contributed by atoms with Crippen molar-refractivity contribution in [2.45, 2.75) is 46.1 Å². The molecule has 1 nitrogen and oxygen atoms in total. The van der Waals surface area contributed by atoms with Crippen molar-refractivity contribution in [3.63, 3.8) is 0 Å². The number of thiophene rings is 1. The van der Waals surface area contributed by atoms with Crippen LogP contribution in [0.3, 0.4) is 0 Å². The lowest BCUT2D eigenvalue weighted by atomic mass is 10.0. The van der Waals surface area contributed by atoms with E-state index in [1.807, 2.05) is 11.3 Å². The van der Waals surface area contributed by atoms with E-state index in [0.29, 0.717) is 0 Å². The lowest BCUT2D eigenvalue weighted by molar-refractivity contribution is 0.510. The second-order valence-electron chi connectivity index (χ2n) is 4.24. The summed E-state index contributed by atoms with van der Waals surface area (Å²) in [7, 11) is 0. The van der Waals surface area contributed by atoms with Crippen LogP contribution in [0.15, 0.2) is 12.1 Å². The molecule has 0 amide bonds. The van der Waals surface area contributed by atoms with Gasteiger partial charge >= 0.3 is 0 Å². The predicted molar refractivity (Wildman–Crippen MR) is 71.9 cm³/mol. The van der Waals surface area contributed by atoms with E-state index in [1.54, 1.807) is 0 Å². The van der Waals surface area contributed by atoms with Gasteiger partial charge in [0.15, 0.2) is 0 Å². The Bertz CT molecular complexity index is 270. The van der Waals surface area contributed by atoms with Gasteiger partial charge < -0.3 is 5.73 Å². The first-order chi connectivity index (χ1) is 6.63. The van der Waals surface area contributed by atoms with Crippen molar-refractivity contribution in [1.82, 2.24) is 0 Å². The summed E-state index contributed by atoms with van der Waals surface area (Å²) >= 11 is 1.87. The van der Waals surface area contributed by atoms with Gasteiger partial charge in [0.2, 0.25) is 0 Å². The molecule has 1 aromatic heterocycles. The number of halogens is 1. The molecular weight excluding hydrogens is 226 g/mol. The van der Waals surface area contributed by atoms with Gasteiger partial charge in [0, 0.05) is 15.8 Å². The molecule has 0 bridgehead atoms. The Morgan fingerprint density at radius 3 is 2.40 bits per heavy atom. The van der Waals surface area contributed by atoms with Gasteiger partial charge in [0.05, 0.1) is 0 Å². The van der Waals surface area contributed by atoms with Crippen LogP contribution in [0.5, 0.6) is 0 Å². The van der Waals surface area contributed by atoms with E-state index in [4.69, 9.17) is 5.73 Å². The molecule has 1 aromatic rings. The van der Waals surface area contributed by atoms with E-state index in [-0.39, 0.29) is 18.4 Å². The zero-order valence-electron chi connectivity index (χ0n) is 9.82. The summed E-state index contributed by atoms with van der Waals surface area (Å²) in [5, 5.41) is 0. The maximum absolute atomic E-state index is 6.12. The molecule has 3 heteroatoms. The molecule has 0 aliphatic heterocycles. The summed E-state index contributed by atoms with van der Waals surface area (Å²) in [5.41, 5.74) is 6.12. The maximum atomic E-state index is 6.12. The van der Waals surface area contributed by atoms with Crippen LogP contribution in [-0.4, -0.2) is 0 Å². The van der Waals surface area contributed by atoms with Gasteiger partial charge in [0.25, 0.3) is 0 Å². The first kappa shape index (κ1) is 14.9. The minimum absolute atomic E-state index is 0. The summed E-state index contributed by atoms with van der Waals surface area (Å²) in [5.74, 6) is 0.756. The molecule has 0 radical (unpaired) electrons. The van der Waals surface area contributed by atoms with Gasteiger partial charge in [-0.1, -0.05) is 20.8 Å². The molecule has 0 unspecified atom stereocenters. The van der Waals surface area contributed by atoms with Crippen molar-refractivity contribution >= 4 is 23.7 Å². The summed E-state index contributed by atoms with van der Waals surface area (Å²) in [6.07, 6.45) is 3.46. The molecule has 1 atom stereocenters. The average Bonchev–Trinajstić information content (AvgIpc) is 2.62. The van der Waals surface area contributed by atoms with Crippen LogP contribution < -0.4 is 5.73 Å². The highest BCUT2D eigenvalue weighted by molar-refractivity contribution is 7.12. The molecule has 1 rings (SSSR count). The number of nitrogens with two attached hydrogens (primary N) is 1. The van der Waals surface area contributed by atoms with E-state index in [0.717, 1.165) is 18.8 Å². The van der Waals surface area contributed by atoms with Gasteiger partial charge in [-0.2, -0.15) is 0 Å². The Labute approximate surface area is 103 Å². The quantitative estimate of drug-likeness (QED) is 0.831. The second-order valence-corrected chi connectivity index (χ2v) is 5.44. The van der Waals surface area contributed by atoms with Crippen molar-refractivity contribution in [2.75, 3.05) is 0 Å². The third kappa shape index (κ3) is 5.01. The van der Waals surface area contributed by atoms with Crippen LogP contribution in [0.25, 0.3) is 0 Å². The topological polar surface area (TPSA) is 26.0 Å². The van der Waals surface area contributed by atoms with Crippen molar-refractivity contribution in [3.8, 4) is 0 Å². The molecule has 0 saturated carbocycles. The second kappa shape index (κ2) is 7.26. The van der Waals surface area contributed by atoms with Crippen LogP contribution in [0.2, 0.25) is 0 Å². The van der Waals surface area contributed by atoms with Gasteiger partial charge in [-0.3, -0.25) is 0 Å². The fourth-order valence-electron chi connectivity index (χ4n) is 1.44. The van der Waals surface area contributed by atoms with Gasteiger partial charge in [-0.15, -0.1) is 23.7 Å². The SMILES string of the molecule is CCc1ccc([C@@H](N)CCC(C)C)s1.Cl. The molecule has 0 aliphatic rings. The first-order valence-corrected chi connectivity index (χ1v) is 6.29. The monoisotopic (exact) mass is 247 g/mol. The lowest BCUT2D eigenvalue weighted by Gasteiger charge is -2.10. The largest absolute Gasteiger partial charge is 0.323 e. The van der Waals surface area contributed by atoms with Crippen molar-refractivity contribution in [2.24, 2.45) is 11.7 Å². The van der Waals surface area contributed by atoms with Crippen LogP contribution >= 0.6 is 23.7 Å². The Morgan fingerprint density at radius 1 is 1.27 bits per heavy atom. The number of hydrogen-bond donors (Lipinski definition) is 1. The van der Waals surface area contributed by atoms with E-state index < -0.39 is 0 Å². The zero-order valence-corrected chi connectivity index (χ0v) is 11.5. The van der Waals surface area contributed by atoms with E-state index in [1.165, 1.54) is 16.2 Å². The smallest absolute Gasteiger partial charge is 0.0389 e. The molecule has 1 heterocycles. The fraction of sp³-hybridized carbons (Fsp3) is 0.667. The Hall–Kier alpha value is -0.0500. The number of aryl methyl sites for hydroxylation is 1. The minimum atomic E-state index is 0. The summed E-state index contributed by atoms with van der Waals surface area (Å²) in [6.45, 7) is 6.69. The highest BCUT2D eigenvalue weighted by Crippen LogP contribution is 2.26. The van der Waals surface area contributed by atoms with Crippen molar-refractivity contribution in [3.05, 3.63) is 21.9 Å². The van der Waals surface area contributed by atoms with Crippen molar-refractivity contribution < 1.29 is 0 Å². The van der Waals surface area contributed by atoms with Gasteiger partial charge in [-0.25, -0.2) is 0 Å². The molecular formula is C12H22ClNS. The summed E-state index contributed by atoms with van der Waals surface area (Å²) in [4.78, 5) is 2.79. The number of rotatable bonds is 5. The van der Waals surface area contributed by atoms with E-state index in [2.05, 4.69) is 32.9 Å². The van der Waals surface area contributed by atoms with Crippen LogP contribution in [0.4, 0.5) is 0 Å². The molecule has 0 aliphatic carbocycles. The van der Waals surface area contributed by atoms with Crippen LogP contribution in [-0.2, 0) is 6.42 Å². The highest BCUT2D eigenvalue weighted by Gasteiger charge is 2.09. The van der Waals surface area contributed by atoms with E-state index >= 15 is 0 Å². The van der Waals surface area contributed by atoms with Gasteiger partial charge in [-0.05, 0) is 37.3 Å². The lowest BCUT2D eigenvalue weighted by Crippen LogP contribution is -2.09. The number of hydrogen-bond acceptors (Lipinski definition) is 2. The van der Waals surface area contributed by atoms with Crippen LogP contribution in [0, 0.1) is 5.92 Å². The minimum Gasteiger partial charge on any atom is -0.323 e. The molecule has 0 fully saturated rings. The Balaban J connectivity index is 0.00000196. The first-order valence-electron chi connectivity index (χ1n) is 5.47. The predicted octanol–water partition coefficient (Wildman–Crippen LogP) is 4.17. The standard InChI is InChI=1S/C12H21NS.ClH/c1-4-10-6-8-12(14-10)11(13)7-5-9(2)3;/h6,8-9,11H,4-5,7,13H2,1-3H3;1H/t11-;/m0./s1. The third-order valence-corrected chi connectivity index (χ3v) is 3.81. The molecule has 88 valence electrons. The van der Waals surface area contributed by atoms with Crippen molar-refractivity contribution in [1.29, 1.82) is 0 Å². The van der Waals surface area contributed by atoms with Crippen LogP contribution in [0.1, 0.15) is 49.4 Å². The maximum Gasteiger partial charge on any atom is 0.0389 e. The zero-order chi connectivity index (χ0) is 10.6.